The number of hydrogen-bond acceptors (Lipinski definition) is 3. The third-order valence-electron chi connectivity index (χ3n) is 2.39. The van der Waals surface area contributed by atoms with Crippen LogP contribution in [0.1, 0.15) is 34.7 Å². The lowest BCUT2D eigenvalue weighted by Gasteiger charge is -2.02. The molecular formula is C10H12N2O2. The molecule has 1 saturated carbocycles. The summed E-state index contributed by atoms with van der Waals surface area (Å²) in [5.74, 6) is 0.372. The Bertz CT molecular complexity index is 372. The zero-order valence-electron chi connectivity index (χ0n) is 8.03. The van der Waals surface area contributed by atoms with E-state index in [9.17, 15) is 4.79 Å². The maximum absolute atomic E-state index is 10.8. The van der Waals surface area contributed by atoms with Crippen molar-refractivity contribution in [1.29, 1.82) is 0 Å². The van der Waals surface area contributed by atoms with Gasteiger partial charge in [0.2, 0.25) is 0 Å². The van der Waals surface area contributed by atoms with Gasteiger partial charge in [0.05, 0.1) is 0 Å². The summed E-state index contributed by atoms with van der Waals surface area (Å²) in [4.78, 5) is 19.0. The van der Waals surface area contributed by atoms with Crippen LogP contribution in [0.2, 0.25) is 0 Å². The van der Waals surface area contributed by atoms with Gasteiger partial charge >= 0.3 is 5.97 Å². The lowest BCUT2D eigenvalue weighted by molar-refractivity contribution is 0.0689. The highest BCUT2D eigenvalue weighted by molar-refractivity contribution is 5.86. The molecule has 1 heterocycles. The molecule has 1 aromatic rings. The predicted octanol–water partition coefficient (Wildman–Crippen LogP) is 1.44. The molecule has 0 aliphatic heterocycles. The van der Waals surface area contributed by atoms with Gasteiger partial charge in [-0.15, -0.1) is 0 Å². The van der Waals surface area contributed by atoms with E-state index in [-0.39, 0.29) is 5.69 Å². The minimum atomic E-state index is -0.970. The second-order valence-electron chi connectivity index (χ2n) is 3.77. The summed E-state index contributed by atoms with van der Waals surface area (Å²) in [6.45, 7) is 1.71. The van der Waals surface area contributed by atoms with E-state index in [0.29, 0.717) is 17.3 Å². The summed E-state index contributed by atoms with van der Waals surface area (Å²) < 4.78 is 0. The minimum absolute atomic E-state index is 0.135. The highest BCUT2D eigenvalue weighted by atomic mass is 16.4. The van der Waals surface area contributed by atoms with Gasteiger partial charge in [-0.3, -0.25) is 0 Å². The van der Waals surface area contributed by atoms with Gasteiger partial charge in [-0.1, -0.05) is 0 Å². The zero-order chi connectivity index (χ0) is 10.1. The molecule has 1 aromatic heterocycles. The van der Waals surface area contributed by atoms with Crippen LogP contribution in [0.4, 0.5) is 0 Å². The molecule has 4 heteroatoms. The molecule has 74 valence electrons. The number of aromatic nitrogens is 2. The van der Waals surface area contributed by atoms with Gasteiger partial charge in [-0.05, 0) is 25.7 Å². The first-order chi connectivity index (χ1) is 6.66. The zero-order valence-corrected chi connectivity index (χ0v) is 8.03. The predicted molar refractivity (Wildman–Crippen MR) is 50.2 cm³/mol. The molecule has 14 heavy (non-hydrogen) atoms. The van der Waals surface area contributed by atoms with E-state index in [1.165, 1.54) is 12.8 Å². The monoisotopic (exact) mass is 192 g/mol. The van der Waals surface area contributed by atoms with Gasteiger partial charge in [0.25, 0.3) is 0 Å². The van der Waals surface area contributed by atoms with E-state index in [0.717, 1.165) is 6.42 Å². The van der Waals surface area contributed by atoms with E-state index in [1.54, 1.807) is 13.1 Å². The van der Waals surface area contributed by atoms with Crippen molar-refractivity contribution in [2.24, 2.45) is 5.92 Å². The number of carboxylic acid groups (broad SMARTS) is 1. The van der Waals surface area contributed by atoms with Crippen molar-refractivity contribution in [3.05, 3.63) is 23.3 Å². The Morgan fingerprint density at radius 3 is 2.93 bits per heavy atom. The molecule has 4 nitrogen and oxygen atoms in total. The lowest BCUT2D eigenvalue weighted by atomic mass is 10.2. The molecule has 0 unspecified atom stereocenters. The van der Waals surface area contributed by atoms with Crippen LogP contribution in [0.25, 0.3) is 0 Å². The van der Waals surface area contributed by atoms with Gasteiger partial charge in [-0.2, -0.15) is 0 Å². The van der Waals surface area contributed by atoms with Crippen molar-refractivity contribution in [1.82, 2.24) is 9.97 Å². The Hall–Kier alpha value is -1.45. The summed E-state index contributed by atoms with van der Waals surface area (Å²) in [7, 11) is 0. The molecule has 0 aromatic carbocycles. The largest absolute Gasteiger partial charge is 0.477 e. The van der Waals surface area contributed by atoms with Crippen molar-refractivity contribution in [2.75, 3.05) is 0 Å². The Morgan fingerprint density at radius 2 is 2.36 bits per heavy atom. The fourth-order valence-corrected chi connectivity index (χ4v) is 1.37. The maximum atomic E-state index is 10.8. The second-order valence-corrected chi connectivity index (χ2v) is 3.77. The van der Waals surface area contributed by atoms with Gasteiger partial charge in [-0.25, -0.2) is 14.8 Å². The molecule has 0 spiro atoms. The number of carbonyl (C=O) groups is 1. The number of hydrogen-bond donors (Lipinski definition) is 1. The summed E-state index contributed by atoms with van der Waals surface area (Å²) in [5, 5.41) is 8.85. The molecule has 0 saturated heterocycles. The van der Waals surface area contributed by atoms with Crippen LogP contribution >= 0.6 is 0 Å². The van der Waals surface area contributed by atoms with E-state index >= 15 is 0 Å². The number of aryl methyl sites for hydroxylation is 1. The van der Waals surface area contributed by atoms with Crippen molar-refractivity contribution < 1.29 is 9.90 Å². The maximum Gasteiger partial charge on any atom is 0.354 e. The summed E-state index contributed by atoms with van der Waals surface area (Å²) in [6, 6.07) is 0. The van der Waals surface area contributed by atoms with Gasteiger partial charge < -0.3 is 5.11 Å². The highest BCUT2D eigenvalue weighted by Crippen LogP contribution is 2.31. The van der Waals surface area contributed by atoms with Crippen LogP contribution in [0.15, 0.2) is 6.20 Å². The van der Waals surface area contributed by atoms with Crippen LogP contribution < -0.4 is 0 Å². The molecular weight excluding hydrogens is 180 g/mol. The SMILES string of the molecule is Cc1cnc(CC2CC2)nc1C(=O)O. The fourth-order valence-electron chi connectivity index (χ4n) is 1.37. The average molecular weight is 192 g/mol. The molecule has 2 rings (SSSR count). The molecule has 0 bridgehead atoms. The summed E-state index contributed by atoms with van der Waals surface area (Å²) in [6.07, 6.45) is 4.86. The Balaban J connectivity index is 2.24. The van der Waals surface area contributed by atoms with Crippen LogP contribution in [0.5, 0.6) is 0 Å². The van der Waals surface area contributed by atoms with Crippen LogP contribution in [-0.4, -0.2) is 21.0 Å². The lowest BCUT2D eigenvalue weighted by Crippen LogP contribution is -2.08. The van der Waals surface area contributed by atoms with Crippen molar-refractivity contribution in [3.8, 4) is 0 Å². The average Bonchev–Trinajstić information content (AvgIpc) is 2.92. The van der Waals surface area contributed by atoms with Crippen molar-refractivity contribution in [2.45, 2.75) is 26.2 Å². The number of nitrogens with zero attached hydrogens (tertiary/aromatic N) is 2. The van der Waals surface area contributed by atoms with Gasteiger partial charge in [0.1, 0.15) is 5.82 Å². The minimum Gasteiger partial charge on any atom is -0.477 e. The van der Waals surface area contributed by atoms with Gasteiger partial charge in [0, 0.05) is 18.2 Å². The second kappa shape index (κ2) is 3.36. The first-order valence-corrected chi connectivity index (χ1v) is 4.72. The van der Waals surface area contributed by atoms with E-state index in [1.807, 2.05) is 0 Å². The Kier molecular flexibility index (Phi) is 2.19. The van der Waals surface area contributed by atoms with Crippen LogP contribution in [0, 0.1) is 12.8 Å². The topological polar surface area (TPSA) is 63.1 Å². The smallest absolute Gasteiger partial charge is 0.354 e. The molecule has 0 amide bonds. The molecule has 1 aliphatic rings. The first kappa shape index (κ1) is 9.12. The molecule has 1 N–H and O–H groups in total. The Labute approximate surface area is 82.0 Å². The van der Waals surface area contributed by atoms with E-state index in [4.69, 9.17) is 5.11 Å². The Morgan fingerprint density at radius 1 is 1.64 bits per heavy atom. The third-order valence-corrected chi connectivity index (χ3v) is 2.39. The number of rotatable bonds is 3. The van der Waals surface area contributed by atoms with Crippen LogP contribution in [-0.2, 0) is 6.42 Å². The van der Waals surface area contributed by atoms with Crippen LogP contribution in [0.3, 0.4) is 0 Å². The van der Waals surface area contributed by atoms with Crippen molar-refractivity contribution in [3.63, 3.8) is 0 Å². The molecule has 0 radical (unpaired) electrons. The molecule has 0 atom stereocenters. The van der Waals surface area contributed by atoms with Crippen molar-refractivity contribution >= 4 is 5.97 Å². The fraction of sp³-hybridized carbons (Fsp3) is 0.500. The summed E-state index contributed by atoms with van der Waals surface area (Å²) in [5.41, 5.74) is 0.757. The number of aromatic carboxylic acids is 1. The van der Waals surface area contributed by atoms with E-state index < -0.39 is 5.97 Å². The quantitative estimate of drug-likeness (QED) is 0.787. The van der Waals surface area contributed by atoms with E-state index in [2.05, 4.69) is 9.97 Å². The molecule has 1 fully saturated rings. The normalized spacial score (nSPS) is 15.5. The first-order valence-electron chi connectivity index (χ1n) is 4.72. The third kappa shape index (κ3) is 1.89. The standard InChI is InChI=1S/C10H12N2O2/c1-6-5-11-8(4-7-2-3-7)12-9(6)10(13)14/h5,7H,2-4H2,1H3,(H,13,14). The number of carboxylic acids is 1. The van der Waals surface area contributed by atoms with Gasteiger partial charge in [0.15, 0.2) is 5.69 Å². The highest BCUT2D eigenvalue weighted by Gasteiger charge is 2.23. The summed E-state index contributed by atoms with van der Waals surface area (Å²) >= 11 is 0. The molecule has 1 aliphatic carbocycles.